The normalized spacial score (nSPS) is 13.1. The zero-order valence-corrected chi connectivity index (χ0v) is 9.61. The molecule has 1 aromatic rings. The van der Waals surface area contributed by atoms with Crippen molar-refractivity contribution < 1.29 is 14.3 Å². The number of carboxylic acids is 1. The molecule has 1 rings (SSSR count). The number of hydrogen-bond donors (Lipinski definition) is 1. The summed E-state index contributed by atoms with van der Waals surface area (Å²) in [6.07, 6.45) is 0. The first-order valence-corrected chi connectivity index (χ1v) is 4.97. The van der Waals surface area contributed by atoms with Gasteiger partial charge in [0.1, 0.15) is 5.76 Å². The zero-order chi connectivity index (χ0) is 10.7. The van der Waals surface area contributed by atoms with E-state index in [1.54, 1.807) is 18.0 Å². The van der Waals surface area contributed by atoms with E-state index < -0.39 is 5.97 Å². The van der Waals surface area contributed by atoms with Gasteiger partial charge in [0, 0.05) is 0 Å². The van der Waals surface area contributed by atoms with Crippen LogP contribution in [-0.2, 0) is 4.79 Å². The van der Waals surface area contributed by atoms with Crippen LogP contribution >= 0.6 is 15.9 Å². The third-order valence-electron chi connectivity index (χ3n) is 2.05. The fraction of sp³-hybridized carbons (Fsp3) is 0.444. The quantitative estimate of drug-likeness (QED) is 0.902. The minimum Gasteiger partial charge on any atom is -0.480 e. The third-order valence-corrected chi connectivity index (χ3v) is 2.48. The number of hydrogen-bond acceptors (Lipinski definition) is 3. The molecule has 0 spiro atoms. The van der Waals surface area contributed by atoms with Crippen LogP contribution in [0.2, 0.25) is 0 Å². The number of likely N-dealkylation sites (N-methyl/N-ethyl adjacent to an activating group) is 1. The summed E-state index contributed by atoms with van der Waals surface area (Å²) in [5.41, 5.74) is 0. The second-order valence-corrected chi connectivity index (χ2v) is 3.91. The van der Waals surface area contributed by atoms with Crippen molar-refractivity contribution in [2.75, 3.05) is 13.6 Å². The van der Waals surface area contributed by atoms with Crippen molar-refractivity contribution in [1.82, 2.24) is 4.90 Å². The number of rotatable bonds is 4. The van der Waals surface area contributed by atoms with Gasteiger partial charge in [-0.25, -0.2) is 0 Å². The summed E-state index contributed by atoms with van der Waals surface area (Å²) in [5, 5.41) is 8.60. The molecule has 0 bridgehead atoms. The van der Waals surface area contributed by atoms with Crippen molar-refractivity contribution in [3.05, 3.63) is 22.6 Å². The Kier molecular flexibility index (Phi) is 3.71. The Hall–Kier alpha value is -0.810. The van der Waals surface area contributed by atoms with Crippen LogP contribution in [0, 0.1) is 0 Å². The van der Waals surface area contributed by atoms with Crippen molar-refractivity contribution in [3.8, 4) is 0 Å². The third kappa shape index (κ3) is 2.85. The Labute approximate surface area is 90.6 Å². The van der Waals surface area contributed by atoms with Gasteiger partial charge in [0.05, 0.1) is 12.6 Å². The maximum absolute atomic E-state index is 10.5. The molecule has 0 amide bonds. The van der Waals surface area contributed by atoms with Gasteiger partial charge in [0.25, 0.3) is 0 Å². The molecule has 5 heteroatoms. The number of carboxylic acid groups (broad SMARTS) is 1. The van der Waals surface area contributed by atoms with Crippen LogP contribution in [0.1, 0.15) is 18.7 Å². The van der Waals surface area contributed by atoms with Gasteiger partial charge in [-0.3, -0.25) is 9.69 Å². The lowest BCUT2D eigenvalue weighted by atomic mass is 10.2. The number of furan rings is 1. The van der Waals surface area contributed by atoms with E-state index in [0.29, 0.717) is 4.67 Å². The topological polar surface area (TPSA) is 53.7 Å². The molecule has 0 aromatic carbocycles. The average Bonchev–Trinajstić information content (AvgIpc) is 2.49. The SMILES string of the molecule is CC(c1ccc(Br)o1)N(C)CC(=O)O. The Balaban J connectivity index is 2.65. The predicted molar refractivity (Wildman–Crippen MR) is 55.1 cm³/mol. The summed E-state index contributed by atoms with van der Waals surface area (Å²) < 4.78 is 5.99. The molecule has 0 aliphatic carbocycles. The highest BCUT2D eigenvalue weighted by Crippen LogP contribution is 2.23. The number of nitrogens with zero attached hydrogens (tertiary/aromatic N) is 1. The average molecular weight is 262 g/mol. The molecule has 1 N–H and O–H groups in total. The van der Waals surface area contributed by atoms with E-state index in [2.05, 4.69) is 15.9 Å². The highest BCUT2D eigenvalue weighted by molar-refractivity contribution is 9.10. The summed E-state index contributed by atoms with van der Waals surface area (Å²) in [4.78, 5) is 12.2. The standard InChI is InChI=1S/C9H12BrNO3/c1-6(11(2)5-9(12)13)7-3-4-8(10)14-7/h3-4,6H,5H2,1-2H3,(H,12,13). The molecule has 0 aliphatic rings. The lowest BCUT2D eigenvalue weighted by Gasteiger charge is -2.20. The molecule has 1 heterocycles. The molecule has 0 aliphatic heterocycles. The molecule has 0 radical (unpaired) electrons. The van der Waals surface area contributed by atoms with Crippen molar-refractivity contribution in [3.63, 3.8) is 0 Å². The van der Waals surface area contributed by atoms with E-state index in [1.165, 1.54) is 0 Å². The number of halogens is 1. The first-order chi connectivity index (χ1) is 6.50. The molecule has 0 fully saturated rings. The largest absolute Gasteiger partial charge is 0.480 e. The molecule has 14 heavy (non-hydrogen) atoms. The lowest BCUT2D eigenvalue weighted by molar-refractivity contribution is -0.138. The van der Waals surface area contributed by atoms with Gasteiger partial charge in [-0.05, 0) is 42.0 Å². The van der Waals surface area contributed by atoms with Crippen LogP contribution in [0.3, 0.4) is 0 Å². The maximum atomic E-state index is 10.5. The Morgan fingerprint density at radius 1 is 1.71 bits per heavy atom. The van der Waals surface area contributed by atoms with E-state index in [9.17, 15) is 4.79 Å². The smallest absolute Gasteiger partial charge is 0.317 e. The van der Waals surface area contributed by atoms with Crippen LogP contribution < -0.4 is 0 Å². The van der Waals surface area contributed by atoms with Crippen molar-refractivity contribution in [2.24, 2.45) is 0 Å². The molecule has 1 atom stereocenters. The Morgan fingerprint density at radius 3 is 2.79 bits per heavy atom. The first kappa shape index (κ1) is 11.3. The molecule has 4 nitrogen and oxygen atoms in total. The van der Waals surface area contributed by atoms with E-state index in [0.717, 1.165) is 5.76 Å². The van der Waals surface area contributed by atoms with Crippen molar-refractivity contribution >= 4 is 21.9 Å². The van der Waals surface area contributed by atoms with Gasteiger partial charge in [-0.15, -0.1) is 0 Å². The molecule has 1 unspecified atom stereocenters. The van der Waals surface area contributed by atoms with E-state index in [1.807, 2.05) is 13.0 Å². The van der Waals surface area contributed by atoms with Crippen LogP contribution in [0.4, 0.5) is 0 Å². The van der Waals surface area contributed by atoms with Crippen molar-refractivity contribution in [1.29, 1.82) is 0 Å². The zero-order valence-electron chi connectivity index (χ0n) is 8.03. The summed E-state index contributed by atoms with van der Waals surface area (Å²) in [6, 6.07) is 3.57. The Bertz CT molecular complexity index is 324. The minimum absolute atomic E-state index is 0.000510. The fourth-order valence-corrected chi connectivity index (χ4v) is 1.44. The molecule has 0 saturated heterocycles. The molecule has 1 aromatic heterocycles. The fourth-order valence-electron chi connectivity index (χ4n) is 1.12. The number of aliphatic carboxylic acids is 1. The molecule has 0 saturated carbocycles. The monoisotopic (exact) mass is 261 g/mol. The summed E-state index contributed by atoms with van der Waals surface area (Å²) >= 11 is 3.20. The van der Waals surface area contributed by atoms with Gasteiger partial charge in [0.15, 0.2) is 4.67 Å². The van der Waals surface area contributed by atoms with Crippen LogP contribution in [-0.4, -0.2) is 29.6 Å². The number of carbonyl (C=O) groups is 1. The molecule has 78 valence electrons. The molecular formula is C9H12BrNO3. The summed E-state index contributed by atoms with van der Waals surface area (Å²) in [7, 11) is 1.75. The highest BCUT2D eigenvalue weighted by atomic mass is 79.9. The van der Waals surface area contributed by atoms with E-state index in [-0.39, 0.29) is 12.6 Å². The predicted octanol–water partition coefficient (Wildman–Crippen LogP) is 2.12. The van der Waals surface area contributed by atoms with Crippen molar-refractivity contribution in [2.45, 2.75) is 13.0 Å². The second-order valence-electron chi connectivity index (χ2n) is 3.13. The second kappa shape index (κ2) is 4.61. The lowest BCUT2D eigenvalue weighted by Crippen LogP contribution is -2.28. The van der Waals surface area contributed by atoms with Gasteiger partial charge < -0.3 is 9.52 Å². The highest BCUT2D eigenvalue weighted by Gasteiger charge is 2.16. The van der Waals surface area contributed by atoms with Gasteiger partial charge in [0.2, 0.25) is 0 Å². The summed E-state index contributed by atoms with van der Waals surface area (Å²) in [6.45, 7) is 1.90. The van der Waals surface area contributed by atoms with Crippen LogP contribution in [0.25, 0.3) is 0 Å². The van der Waals surface area contributed by atoms with E-state index >= 15 is 0 Å². The van der Waals surface area contributed by atoms with Gasteiger partial charge in [-0.1, -0.05) is 0 Å². The van der Waals surface area contributed by atoms with Crippen LogP contribution in [0.15, 0.2) is 21.2 Å². The van der Waals surface area contributed by atoms with Crippen LogP contribution in [0.5, 0.6) is 0 Å². The molecular weight excluding hydrogens is 250 g/mol. The first-order valence-electron chi connectivity index (χ1n) is 4.18. The Morgan fingerprint density at radius 2 is 2.36 bits per heavy atom. The van der Waals surface area contributed by atoms with Gasteiger partial charge in [-0.2, -0.15) is 0 Å². The van der Waals surface area contributed by atoms with E-state index in [4.69, 9.17) is 9.52 Å². The summed E-state index contributed by atoms with van der Waals surface area (Å²) in [5.74, 6) is -0.0920. The van der Waals surface area contributed by atoms with Gasteiger partial charge >= 0.3 is 5.97 Å². The maximum Gasteiger partial charge on any atom is 0.317 e. The minimum atomic E-state index is -0.843.